The Morgan fingerprint density at radius 3 is 2.53 bits per heavy atom. The monoisotopic (exact) mass is 235 g/mol. The second kappa shape index (κ2) is 5.87. The summed E-state index contributed by atoms with van der Waals surface area (Å²) in [6.07, 6.45) is 2.70. The number of hydrogen-bond acceptors (Lipinski definition) is 3. The smallest absolute Gasteiger partial charge is 0.321 e. The van der Waals surface area contributed by atoms with Crippen LogP contribution in [-0.4, -0.2) is 42.6 Å². The summed E-state index contributed by atoms with van der Waals surface area (Å²) >= 11 is 0. The molecule has 0 rings (SSSR count). The van der Waals surface area contributed by atoms with E-state index in [4.69, 9.17) is 5.11 Å². The first-order valence-corrected chi connectivity index (χ1v) is 6.23. The van der Waals surface area contributed by atoms with Crippen LogP contribution >= 0.6 is 0 Å². The van der Waals surface area contributed by atoms with E-state index < -0.39 is 22.0 Å². The van der Waals surface area contributed by atoms with Crippen LogP contribution in [0.1, 0.15) is 19.8 Å². The van der Waals surface area contributed by atoms with E-state index in [1.165, 1.54) is 14.0 Å². The maximum atomic E-state index is 11.6. The largest absolute Gasteiger partial charge is 0.480 e. The van der Waals surface area contributed by atoms with E-state index in [9.17, 15) is 13.2 Å². The molecule has 0 fully saturated rings. The zero-order valence-electron chi connectivity index (χ0n) is 9.01. The summed E-state index contributed by atoms with van der Waals surface area (Å²) in [4.78, 5) is 10.6. The molecule has 5 nitrogen and oxygen atoms in total. The van der Waals surface area contributed by atoms with E-state index in [0.29, 0.717) is 12.8 Å². The quantitative estimate of drug-likeness (QED) is 0.520. The molecule has 0 radical (unpaired) electrons. The summed E-state index contributed by atoms with van der Waals surface area (Å²) in [6, 6.07) is -1.03. The minimum atomic E-state index is -3.47. The van der Waals surface area contributed by atoms with Gasteiger partial charge in [-0.05, 0) is 19.8 Å². The van der Waals surface area contributed by atoms with Gasteiger partial charge in [0.2, 0.25) is 10.0 Å². The number of hydrogen-bond donors (Lipinski definition) is 1. The Balaban J connectivity index is 4.45. The van der Waals surface area contributed by atoms with E-state index in [-0.39, 0.29) is 5.75 Å². The van der Waals surface area contributed by atoms with Gasteiger partial charge in [0.1, 0.15) is 6.04 Å². The van der Waals surface area contributed by atoms with Crippen molar-refractivity contribution in [1.82, 2.24) is 4.31 Å². The van der Waals surface area contributed by atoms with Crippen molar-refractivity contribution in [3.8, 4) is 0 Å². The number of unbranched alkanes of at least 4 members (excludes halogenated alkanes) is 1. The van der Waals surface area contributed by atoms with Crippen LogP contribution in [0, 0.1) is 0 Å². The second-order valence-electron chi connectivity index (χ2n) is 3.28. The van der Waals surface area contributed by atoms with Gasteiger partial charge in [0.05, 0.1) is 5.75 Å². The Morgan fingerprint density at radius 1 is 1.60 bits per heavy atom. The van der Waals surface area contributed by atoms with Crippen molar-refractivity contribution >= 4 is 16.0 Å². The molecule has 0 aliphatic heterocycles. The van der Waals surface area contributed by atoms with Crippen LogP contribution in [0.25, 0.3) is 0 Å². The zero-order valence-corrected chi connectivity index (χ0v) is 9.83. The molecule has 0 aromatic carbocycles. The van der Waals surface area contributed by atoms with Crippen LogP contribution in [0.5, 0.6) is 0 Å². The molecule has 0 aromatic heterocycles. The average Bonchev–Trinajstić information content (AvgIpc) is 2.15. The van der Waals surface area contributed by atoms with Gasteiger partial charge >= 0.3 is 5.97 Å². The first kappa shape index (κ1) is 14.1. The number of carboxylic acid groups (broad SMARTS) is 1. The number of carboxylic acids is 1. The zero-order chi connectivity index (χ0) is 12.1. The normalized spacial score (nSPS) is 13.8. The molecule has 0 aliphatic carbocycles. The maximum Gasteiger partial charge on any atom is 0.321 e. The van der Waals surface area contributed by atoms with Crippen molar-refractivity contribution in [2.75, 3.05) is 12.8 Å². The highest BCUT2D eigenvalue weighted by Crippen LogP contribution is 2.07. The predicted molar refractivity (Wildman–Crippen MR) is 58.1 cm³/mol. The fraction of sp³-hybridized carbons (Fsp3) is 0.667. The summed E-state index contributed by atoms with van der Waals surface area (Å²) in [6.45, 7) is 4.83. The Labute approximate surface area is 90.4 Å². The first-order chi connectivity index (χ1) is 6.83. The highest BCUT2D eigenvalue weighted by Gasteiger charge is 2.26. The van der Waals surface area contributed by atoms with Crippen LogP contribution in [0.15, 0.2) is 12.7 Å². The highest BCUT2D eigenvalue weighted by atomic mass is 32.2. The molecule has 1 atom stereocenters. The third-order valence-corrected chi connectivity index (χ3v) is 4.15. The minimum absolute atomic E-state index is 0.0485. The van der Waals surface area contributed by atoms with Gasteiger partial charge < -0.3 is 5.11 Å². The summed E-state index contributed by atoms with van der Waals surface area (Å²) in [5.74, 6) is -1.20. The van der Waals surface area contributed by atoms with E-state index in [1.807, 2.05) is 0 Å². The van der Waals surface area contributed by atoms with E-state index in [1.54, 1.807) is 6.08 Å². The number of carbonyl (C=O) groups is 1. The molecule has 6 heteroatoms. The van der Waals surface area contributed by atoms with Gasteiger partial charge in [0.15, 0.2) is 0 Å². The molecule has 0 aliphatic rings. The summed E-state index contributed by atoms with van der Waals surface area (Å²) < 4.78 is 24.0. The number of rotatable bonds is 7. The van der Waals surface area contributed by atoms with Gasteiger partial charge in [0.25, 0.3) is 0 Å². The lowest BCUT2D eigenvalue weighted by atomic mass is 10.3. The van der Waals surface area contributed by atoms with Crippen LogP contribution in [0.3, 0.4) is 0 Å². The summed E-state index contributed by atoms with van der Waals surface area (Å²) in [5, 5.41) is 8.67. The lowest BCUT2D eigenvalue weighted by Gasteiger charge is -2.20. The molecular weight excluding hydrogens is 218 g/mol. The third kappa shape index (κ3) is 4.44. The predicted octanol–water partition coefficient (Wildman–Crippen LogP) is 0.687. The van der Waals surface area contributed by atoms with Gasteiger partial charge in [-0.3, -0.25) is 4.79 Å². The molecule has 88 valence electrons. The van der Waals surface area contributed by atoms with E-state index >= 15 is 0 Å². The van der Waals surface area contributed by atoms with Gasteiger partial charge in [0, 0.05) is 7.05 Å². The summed E-state index contributed by atoms with van der Waals surface area (Å²) in [5.41, 5.74) is 0. The SMILES string of the molecule is C=CCCCS(=O)(=O)N(C)C(C)C(=O)O. The molecule has 1 unspecified atom stereocenters. The minimum Gasteiger partial charge on any atom is -0.480 e. The van der Waals surface area contributed by atoms with Gasteiger partial charge in [-0.2, -0.15) is 4.31 Å². The maximum absolute atomic E-state index is 11.6. The van der Waals surface area contributed by atoms with Crippen molar-refractivity contribution < 1.29 is 18.3 Å². The number of likely N-dealkylation sites (N-methyl/N-ethyl adjacent to an activating group) is 1. The van der Waals surface area contributed by atoms with Gasteiger partial charge in [-0.15, -0.1) is 6.58 Å². The van der Waals surface area contributed by atoms with Crippen molar-refractivity contribution in [3.63, 3.8) is 0 Å². The third-order valence-electron chi connectivity index (χ3n) is 2.15. The van der Waals surface area contributed by atoms with Crippen molar-refractivity contribution in [3.05, 3.63) is 12.7 Å². The molecule has 0 aromatic rings. The lowest BCUT2D eigenvalue weighted by molar-refractivity contribution is -0.140. The molecule has 15 heavy (non-hydrogen) atoms. The molecule has 0 bridgehead atoms. The number of sulfonamides is 1. The van der Waals surface area contributed by atoms with Crippen LogP contribution in [0.2, 0.25) is 0 Å². The fourth-order valence-electron chi connectivity index (χ4n) is 0.950. The first-order valence-electron chi connectivity index (χ1n) is 4.62. The van der Waals surface area contributed by atoms with E-state index in [2.05, 4.69) is 6.58 Å². The molecule has 1 N–H and O–H groups in total. The molecule has 0 saturated heterocycles. The van der Waals surface area contributed by atoms with Crippen LogP contribution in [-0.2, 0) is 14.8 Å². The van der Waals surface area contributed by atoms with Gasteiger partial charge in [-0.1, -0.05) is 6.08 Å². The molecule has 0 saturated carbocycles. The Kier molecular flexibility index (Phi) is 5.53. The van der Waals surface area contributed by atoms with Crippen molar-refractivity contribution in [2.45, 2.75) is 25.8 Å². The van der Waals surface area contributed by atoms with E-state index in [0.717, 1.165) is 4.31 Å². The Morgan fingerprint density at radius 2 is 2.13 bits per heavy atom. The molecular formula is C9H17NO4S. The number of nitrogens with zero attached hydrogens (tertiary/aromatic N) is 1. The number of aliphatic carboxylic acids is 1. The average molecular weight is 235 g/mol. The molecule has 0 heterocycles. The molecule has 0 spiro atoms. The Hall–Kier alpha value is -0.880. The Bertz CT molecular complexity index is 323. The van der Waals surface area contributed by atoms with Crippen LogP contribution < -0.4 is 0 Å². The van der Waals surface area contributed by atoms with Crippen LogP contribution in [0.4, 0.5) is 0 Å². The van der Waals surface area contributed by atoms with Crippen molar-refractivity contribution in [1.29, 1.82) is 0 Å². The standard InChI is InChI=1S/C9H17NO4S/c1-4-5-6-7-15(13,14)10(3)8(2)9(11)12/h4,8H,1,5-7H2,2-3H3,(H,11,12). The fourth-order valence-corrected chi connectivity index (χ4v) is 2.34. The topological polar surface area (TPSA) is 74.7 Å². The van der Waals surface area contributed by atoms with Crippen molar-refractivity contribution in [2.24, 2.45) is 0 Å². The number of allylic oxidation sites excluding steroid dienone is 1. The van der Waals surface area contributed by atoms with Gasteiger partial charge in [-0.25, -0.2) is 8.42 Å². The summed E-state index contributed by atoms with van der Waals surface area (Å²) in [7, 11) is -2.19. The highest BCUT2D eigenvalue weighted by molar-refractivity contribution is 7.89. The lowest BCUT2D eigenvalue weighted by Crippen LogP contribution is -2.41. The second-order valence-corrected chi connectivity index (χ2v) is 5.43. The molecule has 0 amide bonds.